The minimum Gasteiger partial charge on any atom is -0.437 e. The molecule has 1 amide bonds. The van der Waals surface area contributed by atoms with Gasteiger partial charge < -0.3 is 15.2 Å². The number of carbonyl (C=O) groups excluding carboxylic acids is 1. The average molecular weight is 406 g/mol. The highest BCUT2D eigenvalue weighted by Crippen LogP contribution is 2.44. The number of ether oxygens (including phenoxy) is 2. The highest BCUT2D eigenvalue weighted by atomic mass is 19.1. The number of halogens is 2. The molecule has 1 fully saturated rings. The van der Waals surface area contributed by atoms with E-state index >= 15 is 0 Å². The van der Waals surface area contributed by atoms with Gasteiger partial charge in [-0.05, 0) is 31.5 Å². The number of amides is 1. The maximum absolute atomic E-state index is 14.9. The third-order valence-corrected chi connectivity index (χ3v) is 5.14. The number of aliphatic imine (C=N–C) groups is 2. The van der Waals surface area contributed by atoms with Crippen molar-refractivity contribution < 1.29 is 23.0 Å². The smallest absolute Gasteiger partial charge is 0.251 e. The summed E-state index contributed by atoms with van der Waals surface area (Å²) in [5, 5.41) is 0. The molecule has 2 N–H and O–H groups in total. The number of allylic oxidation sites excluding steroid dienone is 1. The Morgan fingerprint density at radius 1 is 1.55 bits per heavy atom. The van der Waals surface area contributed by atoms with Gasteiger partial charge in [0.05, 0.1) is 12.5 Å². The molecule has 9 heteroatoms. The standard InChI is InChI=1S/C20H24F2N4O3/c1-4-15(21)17(24-5-2)29-12-6-7-16(22)14(10-12)20-11-28-9-8-13(20)18(27)26(3)19(23)25-20/h5-7,10,13H,4,8-9,11H2,1-3H3,(H2,23,25)/b17-15-,24-5?. The maximum Gasteiger partial charge on any atom is 0.251 e. The molecule has 7 nitrogen and oxygen atoms in total. The van der Waals surface area contributed by atoms with Gasteiger partial charge >= 0.3 is 0 Å². The molecule has 0 bridgehead atoms. The number of nitrogens with zero attached hydrogens (tertiary/aromatic N) is 3. The summed E-state index contributed by atoms with van der Waals surface area (Å²) in [7, 11) is 1.53. The van der Waals surface area contributed by atoms with Crippen LogP contribution in [-0.4, -0.2) is 43.2 Å². The van der Waals surface area contributed by atoms with Crippen molar-refractivity contribution in [2.24, 2.45) is 21.6 Å². The van der Waals surface area contributed by atoms with Crippen LogP contribution in [0.15, 0.2) is 39.9 Å². The third-order valence-electron chi connectivity index (χ3n) is 5.14. The second-order valence-corrected chi connectivity index (χ2v) is 6.88. The van der Waals surface area contributed by atoms with Crippen LogP contribution in [-0.2, 0) is 15.1 Å². The first-order valence-electron chi connectivity index (χ1n) is 9.40. The van der Waals surface area contributed by atoms with Crippen LogP contribution < -0.4 is 10.5 Å². The van der Waals surface area contributed by atoms with Crippen LogP contribution in [0.5, 0.6) is 5.75 Å². The largest absolute Gasteiger partial charge is 0.437 e. The number of hydrogen-bond donors (Lipinski definition) is 1. The Labute approximate surface area is 167 Å². The van der Waals surface area contributed by atoms with Gasteiger partial charge in [0.25, 0.3) is 5.88 Å². The van der Waals surface area contributed by atoms with Crippen LogP contribution in [0.3, 0.4) is 0 Å². The highest BCUT2D eigenvalue weighted by molar-refractivity contribution is 6.00. The molecular formula is C20H24F2N4O3. The van der Waals surface area contributed by atoms with E-state index in [0.29, 0.717) is 13.0 Å². The minimum atomic E-state index is -1.31. The maximum atomic E-state index is 14.9. The Morgan fingerprint density at radius 3 is 3.00 bits per heavy atom. The van der Waals surface area contributed by atoms with Gasteiger partial charge in [0, 0.05) is 31.9 Å². The quantitative estimate of drug-likeness (QED) is 0.602. The topological polar surface area (TPSA) is 89.5 Å². The van der Waals surface area contributed by atoms with Gasteiger partial charge in [0.15, 0.2) is 11.8 Å². The minimum absolute atomic E-state index is 0.00253. The molecule has 0 spiro atoms. The fourth-order valence-electron chi connectivity index (χ4n) is 3.59. The first kappa shape index (κ1) is 20.9. The number of carbonyl (C=O) groups is 1. The van der Waals surface area contributed by atoms with Gasteiger partial charge in [-0.15, -0.1) is 0 Å². The third kappa shape index (κ3) is 3.74. The summed E-state index contributed by atoms with van der Waals surface area (Å²) in [6, 6.07) is 3.96. The van der Waals surface area contributed by atoms with Crippen molar-refractivity contribution in [1.82, 2.24) is 4.90 Å². The van der Waals surface area contributed by atoms with Crippen molar-refractivity contribution in [3.8, 4) is 5.75 Å². The molecular weight excluding hydrogens is 382 g/mol. The first-order valence-corrected chi connectivity index (χ1v) is 9.40. The Bertz CT molecular complexity index is 900. The van der Waals surface area contributed by atoms with Crippen LogP contribution in [0.2, 0.25) is 0 Å². The monoisotopic (exact) mass is 406 g/mol. The van der Waals surface area contributed by atoms with Gasteiger partial charge in [0.1, 0.15) is 17.1 Å². The molecule has 2 aliphatic rings. The highest BCUT2D eigenvalue weighted by Gasteiger charge is 2.52. The number of rotatable bonds is 5. The molecule has 0 radical (unpaired) electrons. The average Bonchev–Trinajstić information content (AvgIpc) is 2.72. The lowest BCUT2D eigenvalue weighted by molar-refractivity contribution is -0.140. The number of guanidine groups is 1. The van der Waals surface area contributed by atoms with Gasteiger partial charge in [-0.25, -0.2) is 18.8 Å². The van der Waals surface area contributed by atoms with Crippen molar-refractivity contribution in [1.29, 1.82) is 0 Å². The summed E-state index contributed by atoms with van der Waals surface area (Å²) in [6.45, 7) is 3.62. The van der Waals surface area contributed by atoms with E-state index in [1.54, 1.807) is 13.8 Å². The molecule has 0 aliphatic carbocycles. The lowest BCUT2D eigenvalue weighted by Gasteiger charge is -2.45. The molecule has 2 unspecified atom stereocenters. The Kier molecular flexibility index (Phi) is 5.97. The molecule has 29 heavy (non-hydrogen) atoms. The summed E-state index contributed by atoms with van der Waals surface area (Å²) in [5.41, 5.74) is 4.74. The lowest BCUT2D eigenvalue weighted by Crippen LogP contribution is -2.58. The summed E-state index contributed by atoms with van der Waals surface area (Å²) >= 11 is 0. The van der Waals surface area contributed by atoms with E-state index in [-0.39, 0.29) is 42.1 Å². The number of hydrogen-bond acceptors (Lipinski definition) is 6. The molecule has 1 saturated heterocycles. The second-order valence-electron chi connectivity index (χ2n) is 6.88. The molecule has 2 atom stereocenters. The van der Waals surface area contributed by atoms with Crippen molar-refractivity contribution >= 4 is 18.1 Å². The zero-order valence-electron chi connectivity index (χ0n) is 16.6. The van der Waals surface area contributed by atoms with Crippen molar-refractivity contribution in [2.75, 3.05) is 20.3 Å². The summed E-state index contributed by atoms with van der Waals surface area (Å²) in [6.07, 6.45) is 1.88. The van der Waals surface area contributed by atoms with E-state index in [1.807, 2.05) is 0 Å². The molecule has 2 heterocycles. The van der Waals surface area contributed by atoms with E-state index in [2.05, 4.69) is 9.98 Å². The number of nitrogens with two attached hydrogens (primary N) is 1. The molecule has 156 valence electrons. The predicted octanol–water partition coefficient (Wildman–Crippen LogP) is 2.86. The van der Waals surface area contributed by atoms with Crippen molar-refractivity contribution in [3.05, 3.63) is 41.3 Å². The fourth-order valence-corrected chi connectivity index (χ4v) is 3.59. The molecule has 2 aliphatic heterocycles. The fraction of sp³-hybridized carbons (Fsp3) is 0.450. The van der Waals surface area contributed by atoms with Crippen LogP contribution in [0.1, 0.15) is 32.3 Å². The number of fused-ring (bicyclic) bond motifs is 1. The van der Waals surface area contributed by atoms with E-state index < -0.39 is 23.1 Å². The molecule has 0 saturated carbocycles. The Hall–Kier alpha value is -2.81. The van der Waals surface area contributed by atoms with Gasteiger partial charge in [0.2, 0.25) is 5.91 Å². The molecule has 3 rings (SSSR count). The first-order chi connectivity index (χ1) is 13.8. The van der Waals surface area contributed by atoms with Crippen LogP contribution in [0, 0.1) is 11.7 Å². The van der Waals surface area contributed by atoms with E-state index in [0.717, 1.165) is 0 Å². The molecule has 1 aromatic rings. The van der Waals surface area contributed by atoms with E-state index in [9.17, 15) is 13.6 Å². The predicted molar refractivity (Wildman–Crippen MR) is 105 cm³/mol. The van der Waals surface area contributed by atoms with Crippen LogP contribution in [0.25, 0.3) is 0 Å². The van der Waals surface area contributed by atoms with Gasteiger partial charge in [-0.1, -0.05) is 6.92 Å². The normalized spacial score (nSPS) is 25.6. The lowest BCUT2D eigenvalue weighted by atomic mass is 9.74. The van der Waals surface area contributed by atoms with Crippen LogP contribution >= 0.6 is 0 Å². The van der Waals surface area contributed by atoms with E-state index in [4.69, 9.17) is 15.2 Å². The number of benzene rings is 1. The van der Waals surface area contributed by atoms with Crippen molar-refractivity contribution in [2.45, 2.75) is 32.2 Å². The van der Waals surface area contributed by atoms with Gasteiger partial charge in [-0.3, -0.25) is 9.69 Å². The zero-order chi connectivity index (χ0) is 21.2. The Morgan fingerprint density at radius 2 is 2.31 bits per heavy atom. The summed E-state index contributed by atoms with van der Waals surface area (Å²) in [5.74, 6) is -2.05. The van der Waals surface area contributed by atoms with Crippen LogP contribution in [0.4, 0.5) is 8.78 Å². The van der Waals surface area contributed by atoms with Gasteiger partial charge in [-0.2, -0.15) is 0 Å². The summed E-state index contributed by atoms with van der Waals surface area (Å²) < 4.78 is 40.1. The summed E-state index contributed by atoms with van der Waals surface area (Å²) in [4.78, 5) is 22.4. The Balaban J connectivity index is 2.10. The second kappa shape index (κ2) is 8.28. The van der Waals surface area contributed by atoms with Crippen molar-refractivity contribution in [3.63, 3.8) is 0 Å². The zero-order valence-corrected chi connectivity index (χ0v) is 16.6. The van der Waals surface area contributed by atoms with E-state index in [1.165, 1.54) is 36.4 Å². The molecule has 0 aromatic heterocycles. The SMILES string of the molecule is CC=N/C(Oc1ccc(F)c(C23COCCC2C(=O)N(C)C(N)=N3)c1)=C(/F)CC. The molecule has 1 aromatic carbocycles.